The molecule has 5 rings (SSSR count). The molecule has 0 saturated heterocycles. The van der Waals surface area contributed by atoms with Gasteiger partial charge < -0.3 is 15.5 Å². The summed E-state index contributed by atoms with van der Waals surface area (Å²) in [4.78, 5) is 27.7. The maximum absolute atomic E-state index is 12.4. The lowest BCUT2D eigenvalue weighted by molar-refractivity contribution is -0.130. The Labute approximate surface area is 165 Å². The molecule has 0 radical (unpaired) electrons. The van der Waals surface area contributed by atoms with Crippen LogP contribution in [0, 0.1) is 24.7 Å². The molecule has 1 heterocycles. The Hall–Kier alpha value is -1.56. The molecule has 4 bridgehead atoms. The third-order valence-corrected chi connectivity index (χ3v) is 7.82. The average molecular weight is 390 g/mol. The van der Waals surface area contributed by atoms with Gasteiger partial charge in [0, 0.05) is 30.4 Å². The van der Waals surface area contributed by atoms with Crippen molar-refractivity contribution in [3.8, 4) is 0 Å². The lowest BCUT2D eigenvalue weighted by atomic mass is 9.53. The highest BCUT2D eigenvalue weighted by Crippen LogP contribution is 2.55. The van der Waals surface area contributed by atoms with Crippen LogP contribution in [0.5, 0.6) is 0 Å². The van der Waals surface area contributed by atoms with Crippen LogP contribution in [0.2, 0.25) is 0 Å². The summed E-state index contributed by atoms with van der Waals surface area (Å²) in [6.07, 6.45) is 7.89. The first-order valence-corrected chi connectivity index (χ1v) is 11.1. The van der Waals surface area contributed by atoms with Crippen molar-refractivity contribution in [1.82, 2.24) is 15.5 Å². The monoisotopic (exact) mass is 389 g/mol. The summed E-state index contributed by atoms with van der Waals surface area (Å²) in [6, 6.07) is 1.98. The fraction of sp³-hybridized carbons (Fsp3) is 0.714. The maximum Gasteiger partial charge on any atom is 0.315 e. The molecular formula is C21H31N3O2S. The highest BCUT2D eigenvalue weighted by Gasteiger charge is 2.51. The molecule has 0 spiro atoms. The Bertz CT molecular complexity index is 679. The van der Waals surface area contributed by atoms with Crippen LogP contribution >= 0.6 is 11.3 Å². The Morgan fingerprint density at radius 2 is 1.81 bits per heavy atom. The number of nitrogens with zero attached hydrogens (tertiary/aromatic N) is 1. The fourth-order valence-electron chi connectivity index (χ4n) is 5.89. The number of rotatable bonds is 6. The lowest BCUT2D eigenvalue weighted by Gasteiger charge is -2.56. The summed E-state index contributed by atoms with van der Waals surface area (Å²) < 4.78 is 0. The standard InChI is InChI=1S/C21H31N3O2S/c1-14-4-6-27-18(14)13-24(2)19(25)3-5-22-20(26)23-21-10-15-7-16(11-21)9-17(8-15)12-21/h4,6,15-17H,3,5,7-13H2,1-2H3,(H2,22,23,26). The van der Waals surface area contributed by atoms with E-state index in [0.717, 1.165) is 37.0 Å². The molecule has 2 N–H and O–H groups in total. The van der Waals surface area contributed by atoms with Crippen LogP contribution in [0.1, 0.15) is 55.4 Å². The number of aryl methyl sites for hydroxylation is 1. The second kappa shape index (κ2) is 7.46. The summed E-state index contributed by atoms with van der Waals surface area (Å²) in [6.45, 7) is 3.10. The SMILES string of the molecule is Cc1ccsc1CN(C)C(=O)CCNC(=O)NC12CC3CC(CC(C3)C1)C2. The minimum Gasteiger partial charge on any atom is -0.341 e. The Balaban J connectivity index is 1.21. The largest absolute Gasteiger partial charge is 0.341 e. The van der Waals surface area contributed by atoms with Gasteiger partial charge in [-0.2, -0.15) is 0 Å². The molecule has 4 aliphatic rings. The van der Waals surface area contributed by atoms with E-state index < -0.39 is 0 Å². The molecule has 4 fully saturated rings. The molecule has 0 aromatic carbocycles. The second-order valence-electron chi connectivity index (χ2n) is 9.11. The molecule has 1 aromatic rings. The Morgan fingerprint density at radius 3 is 2.37 bits per heavy atom. The number of urea groups is 1. The van der Waals surface area contributed by atoms with Gasteiger partial charge in [0.15, 0.2) is 0 Å². The van der Waals surface area contributed by atoms with Gasteiger partial charge >= 0.3 is 6.03 Å². The number of amides is 3. The summed E-state index contributed by atoms with van der Waals surface area (Å²) in [5, 5.41) is 8.27. The summed E-state index contributed by atoms with van der Waals surface area (Å²) in [7, 11) is 1.83. The average Bonchev–Trinajstić information content (AvgIpc) is 2.97. The van der Waals surface area contributed by atoms with Gasteiger partial charge in [-0.05, 0) is 80.2 Å². The van der Waals surface area contributed by atoms with Gasteiger partial charge in [-0.1, -0.05) is 0 Å². The zero-order valence-electron chi connectivity index (χ0n) is 16.4. The normalized spacial score (nSPS) is 31.0. The van der Waals surface area contributed by atoms with Crippen molar-refractivity contribution in [1.29, 1.82) is 0 Å². The third kappa shape index (κ3) is 4.15. The molecule has 0 unspecified atom stereocenters. The van der Waals surface area contributed by atoms with Crippen molar-refractivity contribution >= 4 is 23.3 Å². The van der Waals surface area contributed by atoms with Crippen LogP contribution in [0.4, 0.5) is 4.79 Å². The van der Waals surface area contributed by atoms with E-state index in [1.165, 1.54) is 29.7 Å². The predicted octanol–water partition coefficient (Wildman–Crippen LogP) is 3.67. The van der Waals surface area contributed by atoms with Gasteiger partial charge in [0.1, 0.15) is 0 Å². The molecule has 148 valence electrons. The molecule has 27 heavy (non-hydrogen) atoms. The molecule has 5 nitrogen and oxygen atoms in total. The van der Waals surface area contributed by atoms with Crippen LogP contribution in [0.15, 0.2) is 11.4 Å². The van der Waals surface area contributed by atoms with E-state index in [-0.39, 0.29) is 17.5 Å². The van der Waals surface area contributed by atoms with Crippen molar-refractivity contribution < 1.29 is 9.59 Å². The number of thiophene rings is 1. The number of carbonyl (C=O) groups excluding carboxylic acids is 2. The first-order chi connectivity index (χ1) is 12.9. The van der Waals surface area contributed by atoms with E-state index in [9.17, 15) is 9.59 Å². The van der Waals surface area contributed by atoms with E-state index in [1.807, 2.05) is 7.05 Å². The van der Waals surface area contributed by atoms with E-state index in [4.69, 9.17) is 0 Å². The Kier molecular flexibility index (Phi) is 5.19. The lowest BCUT2D eigenvalue weighted by Crippen LogP contribution is -2.61. The van der Waals surface area contributed by atoms with Crippen molar-refractivity contribution in [3.63, 3.8) is 0 Å². The fourth-order valence-corrected chi connectivity index (χ4v) is 6.85. The van der Waals surface area contributed by atoms with Gasteiger partial charge in [-0.15, -0.1) is 11.3 Å². The molecule has 0 atom stereocenters. The molecule has 1 aromatic heterocycles. The zero-order chi connectivity index (χ0) is 19.0. The number of carbonyl (C=O) groups is 2. The van der Waals surface area contributed by atoms with Gasteiger partial charge in [0.05, 0.1) is 6.54 Å². The molecule has 6 heteroatoms. The van der Waals surface area contributed by atoms with E-state index in [0.29, 0.717) is 19.5 Å². The molecule has 3 amide bonds. The van der Waals surface area contributed by atoms with Crippen LogP contribution in [-0.4, -0.2) is 36.0 Å². The molecule has 4 saturated carbocycles. The van der Waals surface area contributed by atoms with Crippen LogP contribution in [-0.2, 0) is 11.3 Å². The van der Waals surface area contributed by atoms with Crippen LogP contribution < -0.4 is 10.6 Å². The van der Waals surface area contributed by atoms with Crippen LogP contribution in [0.25, 0.3) is 0 Å². The molecule has 0 aliphatic heterocycles. The summed E-state index contributed by atoms with van der Waals surface area (Å²) in [5.41, 5.74) is 1.25. The minimum absolute atomic E-state index is 0.0241. The van der Waals surface area contributed by atoms with Crippen molar-refractivity contribution in [2.24, 2.45) is 17.8 Å². The quantitative estimate of drug-likeness (QED) is 0.780. The van der Waals surface area contributed by atoms with E-state index in [1.54, 1.807) is 16.2 Å². The smallest absolute Gasteiger partial charge is 0.315 e. The minimum atomic E-state index is -0.0958. The van der Waals surface area contributed by atoms with E-state index in [2.05, 4.69) is 29.0 Å². The van der Waals surface area contributed by atoms with E-state index >= 15 is 0 Å². The highest BCUT2D eigenvalue weighted by molar-refractivity contribution is 7.10. The van der Waals surface area contributed by atoms with Crippen LogP contribution in [0.3, 0.4) is 0 Å². The van der Waals surface area contributed by atoms with Gasteiger partial charge in [0.25, 0.3) is 0 Å². The van der Waals surface area contributed by atoms with Gasteiger partial charge in [0.2, 0.25) is 5.91 Å². The number of hydrogen-bond donors (Lipinski definition) is 2. The zero-order valence-corrected chi connectivity index (χ0v) is 17.2. The first-order valence-electron chi connectivity index (χ1n) is 10.3. The number of hydrogen-bond acceptors (Lipinski definition) is 3. The van der Waals surface area contributed by atoms with Crippen molar-refractivity contribution in [3.05, 3.63) is 21.9 Å². The van der Waals surface area contributed by atoms with Gasteiger partial charge in [-0.25, -0.2) is 4.79 Å². The summed E-state index contributed by atoms with van der Waals surface area (Å²) in [5.74, 6) is 2.50. The third-order valence-electron chi connectivity index (χ3n) is 6.82. The Morgan fingerprint density at radius 1 is 1.19 bits per heavy atom. The second-order valence-corrected chi connectivity index (χ2v) is 10.1. The predicted molar refractivity (Wildman–Crippen MR) is 108 cm³/mol. The topological polar surface area (TPSA) is 61.4 Å². The van der Waals surface area contributed by atoms with Gasteiger partial charge in [-0.3, -0.25) is 4.79 Å². The first kappa shape index (κ1) is 18.8. The summed E-state index contributed by atoms with van der Waals surface area (Å²) >= 11 is 1.68. The van der Waals surface area contributed by atoms with Crippen molar-refractivity contribution in [2.45, 2.75) is 64.0 Å². The van der Waals surface area contributed by atoms with Crippen molar-refractivity contribution in [2.75, 3.05) is 13.6 Å². The highest BCUT2D eigenvalue weighted by atomic mass is 32.1. The maximum atomic E-state index is 12.4. The number of nitrogens with one attached hydrogen (secondary N) is 2. The molecular weight excluding hydrogens is 358 g/mol. The molecule has 4 aliphatic carbocycles.